The molecule has 0 heterocycles. The summed E-state index contributed by atoms with van der Waals surface area (Å²) in [5.74, 6) is -0.818. The van der Waals surface area contributed by atoms with Crippen molar-refractivity contribution in [3.05, 3.63) is 57.6 Å². The molecule has 9 heteroatoms. The molecule has 0 saturated carbocycles. The molecule has 2 rings (SSSR count). The van der Waals surface area contributed by atoms with Gasteiger partial charge in [-0.25, -0.2) is 4.79 Å². The molecule has 0 spiro atoms. The first-order valence-electron chi connectivity index (χ1n) is 7.80. The third-order valence-corrected chi connectivity index (χ3v) is 3.67. The van der Waals surface area contributed by atoms with Gasteiger partial charge in [0.05, 0.1) is 19.1 Å². The van der Waals surface area contributed by atoms with Gasteiger partial charge in [-0.2, -0.15) is 0 Å². The minimum Gasteiger partial charge on any atom is -0.497 e. The maximum atomic E-state index is 12.2. The molecule has 0 radical (unpaired) electrons. The van der Waals surface area contributed by atoms with Crippen molar-refractivity contribution in [2.24, 2.45) is 0 Å². The summed E-state index contributed by atoms with van der Waals surface area (Å²) in [4.78, 5) is 34.8. The van der Waals surface area contributed by atoms with E-state index in [1.807, 2.05) is 0 Å². The molecule has 0 aliphatic rings. The van der Waals surface area contributed by atoms with Crippen LogP contribution in [0.4, 0.5) is 11.4 Å². The van der Waals surface area contributed by atoms with Crippen LogP contribution in [0.2, 0.25) is 0 Å². The van der Waals surface area contributed by atoms with Crippen LogP contribution in [0.5, 0.6) is 11.5 Å². The summed E-state index contributed by atoms with van der Waals surface area (Å²) in [5.41, 5.74) is 0.413. The minimum atomic E-state index is -0.791. The van der Waals surface area contributed by atoms with Gasteiger partial charge in [-0.3, -0.25) is 14.9 Å². The molecule has 1 N–H and O–H groups in total. The highest BCUT2D eigenvalue weighted by Crippen LogP contribution is 2.28. The van der Waals surface area contributed by atoms with Crippen LogP contribution in [0.15, 0.2) is 36.4 Å². The van der Waals surface area contributed by atoms with Crippen LogP contribution in [0.25, 0.3) is 0 Å². The number of ether oxygens (including phenoxy) is 3. The lowest BCUT2D eigenvalue weighted by molar-refractivity contribution is -0.384. The van der Waals surface area contributed by atoms with E-state index in [0.717, 1.165) is 0 Å². The fourth-order valence-corrected chi connectivity index (χ4v) is 2.32. The Kier molecular flexibility index (Phi) is 6.32. The molecule has 1 amide bonds. The molecule has 27 heavy (non-hydrogen) atoms. The number of nitrogens with one attached hydrogen (secondary N) is 1. The number of nitro groups is 1. The number of methoxy groups -OCH3 is 2. The van der Waals surface area contributed by atoms with Gasteiger partial charge in [0.2, 0.25) is 0 Å². The zero-order valence-corrected chi connectivity index (χ0v) is 15.0. The van der Waals surface area contributed by atoms with E-state index in [0.29, 0.717) is 11.3 Å². The largest absolute Gasteiger partial charge is 0.497 e. The Bertz CT molecular complexity index is 880. The number of nitro benzene ring substituents is 1. The van der Waals surface area contributed by atoms with Crippen LogP contribution >= 0.6 is 0 Å². The Hall–Kier alpha value is -3.62. The van der Waals surface area contributed by atoms with Gasteiger partial charge >= 0.3 is 5.97 Å². The van der Waals surface area contributed by atoms with Crippen LogP contribution in [0.1, 0.15) is 15.9 Å². The van der Waals surface area contributed by atoms with E-state index in [4.69, 9.17) is 14.2 Å². The Balaban J connectivity index is 2.09. The first-order chi connectivity index (χ1) is 12.9. The van der Waals surface area contributed by atoms with Crippen molar-refractivity contribution in [3.8, 4) is 11.5 Å². The van der Waals surface area contributed by atoms with Crippen LogP contribution < -0.4 is 14.8 Å². The maximum absolute atomic E-state index is 12.2. The summed E-state index contributed by atoms with van der Waals surface area (Å²) >= 11 is 0. The number of para-hydroxylation sites is 1. The summed E-state index contributed by atoms with van der Waals surface area (Å²) in [6.07, 6.45) is 0. The monoisotopic (exact) mass is 374 g/mol. The highest BCUT2D eigenvalue weighted by molar-refractivity contribution is 5.98. The second kappa shape index (κ2) is 8.65. The number of aryl methyl sites for hydroxylation is 1. The minimum absolute atomic E-state index is 0.0579. The Morgan fingerprint density at radius 2 is 1.89 bits per heavy atom. The predicted molar refractivity (Wildman–Crippen MR) is 96.3 cm³/mol. The number of nitrogens with zero attached hydrogens (tertiary/aromatic N) is 1. The number of carbonyl (C=O) groups is 2. The standard InChI is InChI=1S/C18H18N2O7/c1-11-5-4-6-14(20(23)24)17(11)19-16(21)10-27-18(22)13-9-12(25-2)7-8-15(13)26-3/h4-9H,10H2,1-3H3,(H,19,21). The van der Waals surface area contributed by atoms with E-state index in [-0.39, 0.29) is 22.7 Å². The van der Waals surface area contributed by atoms with E-state index in [1.54, 1.807) is 19.1 Å². The normalized spacial score (nSPS) is 10.0. The molecule has 2 aromatic rings. The van der Waals surface area contributed by atoms with Crippen molar-refractivity contribution in [1.29, 1.82) is 0 Å². The molecule has 0 saturated heterocycles. The lowest BCUT2D eigenvalue weighted by atomic mass is 10.1. The molecular formula is C18H18N2O7. The molecule has 0 fully saturated rings. The lowest BCUT2D eigenvalue weighted by Gasteiger charge is -2.11. The van der Waals surface area contributed by atoms with Crippen molar-refractivity contribution < 1.29 is 28.7 Å². The summed E-state index contributed by atoms with van der Waals surface area (Å²) in [7, 11) is 2.84. The van der Waals surface area contributed by atoms with Gasteiger partial charge < -0.3 is 19.5 Å². The van der Waals surface area contributed by atoms with Gasteiger partial charge in [0.25, 0.3) is 11.6 Å². The topological polar surface area (TPSA) is 117 Å². The third-order valence-electron chi connectivity index (χ3n) is 3.67. The predicted octanol–water partition coefficient (Wildman–Crippen LogP) is 2.72. The van der Waals surface area contributed by atoms with E-state index in [9.17, 15) is 19.7 Å². The van der Waals surface area contributed by atoms with Crippen molar-refractivity contribution >= 4 is 23.3 Å². The number of amides is 1. The second-order valence-corrected chi connectivity index (χ2v) is 5.42. The summed E-state index contributed by atoms with van der Waals surface area (Å²) in [6, 6.07) is 8.97. The van der Waals surface area contributed by atoms with E-state index in [1.165, 1.54) is 38.5 Å². The number of hydrogen-bond donors (Lipinski definition) is 1. The number of hydrogen-bond acceptors (Lipinski definition) is 7. The fraction of sp³-hybridized carbons (Fsp3) is 0.222. The van der Waals surface area contributed by atoms with E-state index < -0.39 is 23.4 Å². The second-order valence-electron chi connectivity index (χ2n) is 5.42. The average molecular weight is 374 g/mol. The van der Waals surface area contributed by atoms with Crippen molar-refractivity contribution in [2.75, 3.05) is 26.1 Å². The summed E-state index contributed by atoms with van der Waals surface area (Å²) in [6.45, 7) is 1.00. The molecule has 0 atom stereocenters. The molecule has 0 bridgehead atoms. The highest BCUT2D eigenvalue weighted by Gasteiger charge is 2.20. The number of benzene rings is 2. The Morgan fingerprint density at radius 1 is 1.15 bits per heavy atom. The van der Waals surface area contributed by atoms with Gasteiger partial charge in [-0.1, -0.05) is 12.1 Å². The summed E-state index contributed by atoms with van der Waals surface area (Å²) < 4.78 is 15.1. The number of esters is 1. The number of anilines is 1. The van der Waals surface area contributed by atoms with Crippen LogP contribution in [0.3, 0.4) is 0 Å². The molecule has 2 aromatic carbocycles. The van der Waals surface area contributed by atoms with Crippen LogP contribution in [-0.2, 0) is 9.53 Å². The number of rotatable bonds is 7. The van der Waals surface area contributed by atoms with Crippen molar-refractivity contribution in [1.82, 2.24) is 0 Å². The van der Waals surface area contributed by atoms with Crippen LogP contribution in [-0.4, -0.2) is 37.6 Å². The Labute approximate surface area is 155 Å². The fourth-order valence-electron chi connectivity index (χ4n) is 2.32. The molecule has 0 aromatic heterocycles. The van der Waals surface area contributed by atoms with Crippen molar-refractivity contribution in [2.45, 2.75) is 6.92 Å². The zero-order chi connectivity index (χ0) is 20.0. The van der Waals surface area contributed by atoms with Crippen molar-refractivity contribution in [3.63, 3.8) is 0 Å². The average Bonchev–Trinajstić information content (AvgIpc) is 2.66. The Morgan fingerprint density at radius 3 is 2.52 bits per heavy atom. The lowest BCUT2D eigenvalue weighted by Crippen LogP contribution is -2.22. The third kappa shape index (κ3) is 4.72. The highest BCUT2D eigenvalue weighted by atomic mass is 16.6. The smallest absolute Gasteiger partial charge is 0.342 e. The first-order valence-corrected chi connectivity index (χ1v) is 7.80. The quantitative estimate of drug-likeness (QED) is 0.450. The summed E-state index contributed by atoms with van der Waals surface area (Å²) in [5, 5.41) is 13.5. The van der Waals surface area contributed by atoms with E-state index in [2.05, 4.69) is 5.32 Å². The van der Waals surface area contributed by atoms with Gasteiger partial charge in [-0.15, -0.1) is 0 Å². The maximum Gasteiger partial charge on any atom is 0.342 e. The first kappa shape index (κ1) is 19.7. The van der Waals surface area contributed by atoms with Gasteiger partial charge in [0.15, 0.2) is 6.61 Å². The SMILES string of the molecule is COc1ccc(OC)c(C(=O)OCC(=O)Nc2c(C)cccc2[N+](=O)[O-])c1. The van der Waals surface area contributed by atoms with E-state index >= 15 is 0 Å². The van der Waals surface area contributed by atoms with Gasteiger partial charge in [0.1, 0.15) is 22.7 Å². The molecular weight excluding hydrogens is 356 g/mol. The van der Waals surface area contributed by atoms with Gasteiger partial charge in [0, 0.05) is 6.07 Å². The zero-order valence-electron chi connectivity index (χ0n) is 15.0. The molecule has 0 aliphatic heterocycles. The molecule has 0 unspecified atom stereocenters. The molecule has 142 valence electrons. The van der Waals surface area contributed by atoms with Crippen LogP contribution in [0, 0.1) is 17.0 Å². The molecule has 9 nitrogen and oxygen atoms in total. The van der Waals surface area contributed by atoms with Gasteiger partial charge in [-0.05, 0) is 30.7 Å². The number of carbonyl (C=O) groups excluding carboxylic acids is 2. The molecule has 0 aliphatic carbocycles.